The summed E-state index contributed by atoms with van der Waals surface area (Å²) in [6.07, 6.45) is 5.63. The summed E-state index contributed by atoms with van der Waals surface area (Å²) in [4.78, 5) is 6.82. The maximum atomic E-state index is 6.08. The van der Waals surface area contributed by atoms with E-state index in [1.165, 1.54) is 16.8 Å². The minimum atomic E-state index is 0.873. The number of hydrogen-bond donors (Lipinski definition) is 0. The Morgan fingerprint density at radius 1 is 1.04 bits per heavy atom. The zero-order chi connectivity index (χ0) is 18.8. The minimum Gasteiger partial charge on any atom is -0.439 e. The maximum Gasteiger partial charge on any atom is 0.201 e. The molecule has 0 aliphatic carbocycles. The van der Waals surface area contributed by atoms with Crippen molar-refractivity contribution in [1.29, 1.82) is 0 Å². The average Bonchev–Trinajstić information content (AvgIpc) is 2.99. The van der Waals surface area contributed by atoms with Gasteiger partial charge >= 0.3 is 0 Å². The molecule has 2 aliphatic rings. The van der Waals surface area contributed by atoms with Crippen molar-refractivity contribution in [2.75, 3.05) is 50.6 Å². The van der Waals surface area contributed by atoms with Crippen molar-refractivity contribution in [2.24, 2.45) is 0 Å². The molecule has 0 amide bonds. The Labute approximate surface area is 162 Å². The number of rotatable bonds is 5. The van der Waals surface area contributed by atoms with E-state index < -0.39 is 0 Å². The van der Waals surface area contributed by atoms with Crippen LogP contribution in [-0.4, -0.2) is 45.7 Å². The van der Waals surface area contributed by atoms with E-state index in [-0.39, 0.29) is 0 Å². The molecule has 2 aliphatic heterocycles. The lowest BCUT2D eigenvalue weighted by atomic mass is 9.98. The Kier molecular flexibility index (Phi) is 4.90. The summed E-state index contributed by atoms with van der Waals surface area (Å²) in [7, 11) is 6.31. The van der Waals surface area contributed by atoms with Gasteiger partial charge in [-0.2, -0.15) is 0 Å². The Balaban J connectivity index is 1.58. The fraction of sp³-hybridized carbons (Fsp3) is 0.304. The normalized spacial score (nSPS) is 17.0. The molecule has 0 atom stereocenters. The summed E-state index contributed by atoms with van der Waals surface area (Å²) in [6.45, 7) is 3.10. The van der Waals surface area contributed by atoms with Crippen LogP contribution in [0.1, 0.15) is 12.0 Å². The fourth-order valence-corrected chi connectivity index (χ4v) is 3.72. The summed E-state index contributed by atoms with van der Waals surface area (Å²) in [5.74, 6) is 1.79. The van der Waals surface area contributed by atoms with Gasteiger partial charge in [-0.3, -0.25) is 0 Å². The molecule has 4 rings (SSSR count). The van der Waals surface area contributed by atoms with Gasteiger partial charge in [0.15, 0.2) is 5.75 Å². The molecule has 0 saturated carbocycles. The summed E-state index contributed by atoms with van der Waals surface area (Å²) in [5, 5.41) is 0. The van der Waals surface area contributed by atoms with E-state index in [2.05, 4.69) is 78.3 Å². The molecule has 0 unspecified atom stereocenters. The molecule has 2 aromatic carbocycles. The molecule has 140 valence electrons. The van der Waals surface area contributed by atoms with Gasteiger partial charge in [-0.1, -0.05) is 36.4 Å². The SMILES string of the molecule is CN(C)CCCN1CC=C(/C=C2\Oc3ccccc3N2C)c2ccccc21. The third-order valence-electron chi connectivity index (χ3n) is 5.17. The molecule has 0 saturated heterocycles. The first-order valence-electron chi connectivity index (χ1n) is 9.55. The van der Waals surface area contributed by atoms with E-state index in [9.17, 15) is 0 Å². The van der Waals surface area contributed by atoms with E-state index >= 15 is 0 Å². The Morgan fingerprint density at radius 2 is 1.78 bits per heavy atom. The Hall–Kier alpha value is -2.72. The highest BCUT2D eigenvalue weighted by Gasteiger charge is 2.24. The maximum absolute atomic E-state index is 6.08. The van der Waals surface area contributed by atoms with Crippen molar-refractivity contribution in [2.45, 2.75) is 6.42 Å². The van der Waals surface area contributed by atoms with Gasteiger partial charge in [0.1, 0.15) is 0 Å². The van der Waals surface area contributed by atoms with Crippen LogP contribution in [0.5, 0.6) is 5.75 Å². The molecule has 2 aromatic rings. The second-order valence-electron chi connectivity index (χ2n) is 7.39. The van der Waals surface area contributed by atoms with Crippen LogP contribution in [0, 0.1) is 0 Å². The minimum absolute atomic E-state index is 0.873. The Morgan fingerprint density at radius 3 is 2.56 bits per heavy atom. The number of hydrogen-bond acceptors (Lipinski definition) is 4. The van der Waals surface area contributed by atoms with Crippen LogP contribution in [0.3, 0.4) is 0 Å². The van der Waals surface area contributed by atoms with Gasteiger partial charge in [0.25, 0.3) is 0 Å². The highest BCUT2D eigenvalue weighted by Crippen LogP contribution is 2.39. The lowest BCUT2D eigenvalue weighted by molar-refractivity contribution is 0.401. The van der Waals surface area contributed by atoms with Crippen LogP contribution in [0.15, 0.2) is 66.6 Å². The standard InChI is InChI=1S/C23H27N3O/c1-24(2)14-8-15-26-16-13-18(19-9-4-5-10-20(19)26)17-23-25(3)21-11-6-7-12-22(21)27-23/h4-7,9-13,17H,8,14-16H2,1-3H3/b23-17-. The summed E-state index contributed by atoms with van der Waals surface area (Å²) < 4.78 is 6.08. The van der Waals surface area contributed by atoms with Crippen molar-refractivity contribution in [3.8, 4) is 5.75 Å². The number of para-hydroxylation sites is 3. The molecule has 2 heterocycles. The van der Waals surface area contributed by atoms with E-state index in [1.807, 2.05) is 18.2 Å². The monoisotopic (exact) mass is 361 g/mol. The third-order valence-corrected chi connectivity index (χ3v) is 5.17. The lowest BCUT2D eigenvalue weighted by Crippen LogP contribution is -2.30. The molecule has 0 bridgehead atoms. The van der Waals surface area contributed by atoms with Gasteiger partial charge in [0, 0.05) is 37.5 Å². The van der Waals surface area contributed by atoms with Crippen molar-refractivity contribution in [3.63, 3.8) is 0 Å². The van der Waals surface area contributed by atoms with Crippen molar-refractivity contribution >= 4 is 16.9 Å². The number of fused-ring (bicyclic) bond motifs is 2. The molecule has 0 spiro atoms. The second-order valence-corrected chi connectivity index (χ2v) is 7.39. The topological polar surface area (TPSA) is 19.0 Å². The van der Waals surface area contributed by atoms with Crippen LogP contribution in [0.25, 0.3) is 5.57 Å². The van der Waals surface area contributed by atoms with Crippen LogP contribution in [0.2, 0.25) is 0 Å². The second kappa shape index (κ2) is 7.49. The van der Waals surface area contributed by atoms with Gasteiger partial charge in [0.05, 0.1) is 5.69 Å². The quantitative estimate of drug-likeness (QED) is 0.794. The zero-order valence-corrected chi connectivity index (χ0v) is 16.4. The number of allylic oxidation sites excluding steroid dienone is 2. The predicted molar refractivity (Wildman–Crippen MR) is 113 cm³/mol. The number of nitrogens with zero attached hydrogens (tertiary/aromatic N) is 3. The van der Waals surface area contributed by atoms with Crippen molar-refractivity contribution in [3.05, 3.63) is 72.1 Å². The average molecular weight is 361 g/mol. The van der Waals surface area contributed by atoms with Gasteiger partial charge in [-0.15, -0.1) is 0 Å². The first kappa shape index (κ1) is 17.7. The van der Waals surface area contributed by atoms with Crippen LogP contribution in [-0.2, 0) is 0 Å². The number of benzene rings is 2. The zero-order valence-electron chi connectivity index (χ0n) is 16.4. The summed E-state index contributed by atoms with van der Waals surface area (Å²) in [6, 6.07) is 16.8. The highest BCUT2D eigenvalue weighted by molar-refractivity contribution is 5.86. The van der Waals surface area contributed by atoms with Gasteiger partial charge in [-0.25, -0.2) is 0 Å². The number of ether oxygens (including phenoxy) is 1. The molecule has 0 N–H and O–H groups in total. The first-order valence-corrected chi connectivity index (χ1v) is 9.55. The van der Waals surface area contributed by atoms with Crippen molar-refractivity contribution in [1.82, 2.24) is 4.90 Å². The van der Waals surface area contributed by atoms with Crippen molar-refractivity contribution < 1.29 is 4.74 Å². The molecule has 0 fully saturated rings. The number of anilines is 2. The molecular formula is C23H27N3O. The van der Waals surface area contributed by atoms with Crippen LogP contribution >= 0.6 is 0 Å². The van der Waals surface area contributed by atoms with Gasteiger partial charge in [0.2, 0.25) is 5.88 Å². The van der Waals surface area contributed by atoms with E-state index in [1.54, 1.807) is 0 Å². The largest absolute Gasteiger partial charge is 0.439 e. The lowest BCUT2D eigenvalue weighted by Gasteiger charge is -2.31. The summed E-state index contributed by atoms with van der Waals surface area (Å²) >= 11 is 0. The smallest absolute Gasteiger partial charge is 0.201 e. The van der Waals surface area contributed by atoms with E-state index in [0.717, 1.165) is 43.4 Å². The molecule has 0 aromatic heterocycles. The van der Waals surface area contributed by atoms with Crippen LogP contribution in [0.4, 0.5) is 11.4 Å². The first-order chi connectivity index (χ1) is 13.1. The van der Waals surface area contributed by atoms with E-state index in [0.29, 0.717) is 0 Å². The Bertz CT molecular complexity index is 885. The predicted octanol–water partition coefficient (Wildman–Crippen LogP) is 4.21. The molecule has 27 heavy (non-hydrogen) atoms. The molecule has 0 radical (unpaired) electrons. The fourth-order valence-electron chi connectivity index (χ4n) is 3.72. The summed E-state index contributed by atoms with van der Waals surface area (Å²) in [5.41, 5.74) is 4.92. The van der Waals surface area contributed by atoms with E-state index in [4.69, 9.17) is 4.74 Å². The molecule has 4 nitrogen and oxygen atoms in total. The molecule has 4 heteroatoms. The highest BCUT2D eigenvalue weighted by atomic mass is 16.5. The molecular weight excluding hydrogens is 334 g/mol. The van der Waals surface area contributed by atoms with Gasteiger partial charge in [-0.05, 0) is 50.8 Å². The third kappa shape index (κ3) is 3.58. The van der Waals surface area contributed by atoms with Crippen LogP contribution < -0.4 is 14.5 Å². The van der Waals surface area contributed by atoms with Gasteiger partial charge < -0.3 is 19.4 Å².